The van der Waals surface area contributed by atoms with Gasteiger partial charge in [0.2, 0.25) is 0 Å². The fraction of sp³-hybridized carbons (Fsp3) is 0.757. The van der Waals surface area contributed by atoms with Crippen molar-refractivity contribution in [2.75, 3.05) is 33.0 Å². The normalized spacial score (nSPS) is 14.3. The fourth-order valence-electron chi connectivity index (χ4n) is 4.63. The van der Waals surface area contributed by atoms with E-state index < -0.39 is 13.9 Å². The Labute approximate surface area is 281 Å². The quantitative estimate of drug-likeness (QED) is 0.0301. The highest BCUT2D eigenvalue weighted by atomic mass is 31.2. The molecule has 0 fully saturated rings. The molecule has 0 saturated carbocycles. The number of ether oxygens (including phenoxy) is 2. The van der Waals surface area contributed by atoms with Crippen molar-refractivity contribution in [3.8, 4) is 0 Å². The lowest BCUT2D eigenvalue weighted by Gasteiger charge is -2.20. The van der Waals surface area contributed by atoms with E-state index in [1.807, 2.05) is 0 Å². The Balaban J connectivity index is 3.98. The van der Waals surface area contributed by atoms with Crippen LogP contribution in [0.5, 0.6) is 0 Å². The molecule has 0 amide bonds. The number of rotatable bonds is 34. The molecular formula is C37H68NO7P. The minimum Gasteiger partial charge on any atom is -0.457 e. The summed E-state index contributed by atoms with van der Waals surface area (Å²) in [6.45, 7) is 4.73. The fourth-order valence-corrected chi connectivity index (χ4v) is 5.40. The SMILES string of the molecule is CC/C=C\C/C=C\C/C=C\C/C=C\CCCCCCCCCCC(=O)OC(COCCCCCCCC)COP(=O)(O)OCCN. The number of nitrogens with two attached hydrogens (primary N) is 1. The van der Waals surface area contributed by atoms with Crippen LogP contribution in [0.25, 0.3) is 0 Å². The molecule has 2 atom stereocenters. The van der Waals surface area contributed by atoms with Crippen molar-refractivity contribution in [2.24, 2.45) is 5.73 Å². The van der Waals surface area contributed by atoms with E-state index in [1.54, 1.807) is 0 Å². The summed E-state index contributed by atoms with van der Waals surface area (Å²) in [7, 11) is -4.26. The van der Waals surface area contributed by atoms with Crippen LogP contribution in [0.4, 0.5) is 0 Å². The largest absolute Gasteiger partial charge is 0.472 e. The molecule has 0 aromatic rings. The monoisotopic (exact) mass is 669 g/mol. The van der Waals surface area contributed by atoms with Gasteiger partial charge in [-0.2, -0.15) is 0 Å². The molecule has 0 aromatic carbocycles. The highest BCUT2D eigenvalue weighted by molar-refractivity contribution is 7.47. The Morgan fingerprint density at radius 1 is 0.674 bits per heavy atom. The molecule has 9 heteroatoms. The van der Waals surface area contributed by atoms with E-state index in [9.17, 15) is 14.3 Å². The average molecular weight is 670 g/mol. The van der Waals surface area contributed by atoms with E-state index >= 15 is 0 Å². The van der Waals surface area contributed by atoms with Crippen molar-refractivity contribution in [1.82, 2.24) is 0 Å². The molecule has 0 aliphatic rings. The number of carbonyl (C=O) groups is 1. The smallest absolute Gasteiger partial charge is 0.457 e. The summed E-state index contributed by atoms with van der Waals surface area (Å²) in [6.07, 6.45) is 38.5. The zero-order chi connectivity index (χ0) is 33.8. The van der Waals surface area contributed by atoms with Crippen LogP contribution in [0.3, 0.4) is 0 Å². The molecule has 8 nitrogen and oxygen atoms in total. The van der Waals surface area contributed by atoms with Crippen molar-refractivity contribution in [2.45, 2.75) is 148 Å². The summed E-state index contributed by atoms with van der Waals surface area (Å²) in [5, 5.41) is 0. The molecule has 3 N–H and O–H groups in total. The van der Waals surface area contributed by atoms with E-state index in [0.29, 0.717) is 13.0 Å². The molecule has 0 spiro atoms. The summed E-state index contributed by atoms with van der Waals surface area (Å²) in [5.74, 6) is -0.344. The van der Waals surface area contributed by atoms with Crippen LogP contribution in [0, 0.1) is 0 Å². The maximum absolute atomic E-state index is 12.5. The van der Waals surface area contributed by atoms with Gasteiger partial charge >= 0.3 is 13.8 Å². The second-order valence-electron chi connectivity index (χ2n) is 11.7. The lowest BCUT2D eigenvalue weighted by atomic mass is 10.1. The molecule has 2 unspecified atom stereocenters. The highest BCUT2D eigenvalue weighted by Crippen LogP contribution is 2.43. The zero-order valence-corrected chi connectivity index (χ0v) is 30.2. The van der Waals surface area contributed by atoms with E-state index in [0.717, 1.165) is 64.2 Å². The summed E-state index contributed by atoms with van der Waals surface area (Å²) in [5.41, 5.74) is 5.33. The summed E-state index contributed by atoms with van der Waals surface area (Å²) >= 11 is 0. The molecule has 0 aliphatic heterocycles. The lowest BCUT2D eigenvalue weighted by Crippen LogP contribution is -2.28. The van der Waals surface area contributed by atoms with Crippen LogP contribution in [0.15, 0.2) is 48.6 Å². The first-order chi connectivity index (χ1) is 22.4. The van der Waals surface area contributed by atoms with Crippen LogP contribution < -0.4 is 5.73 Å². The van der Waals surface area contributed by atoms with E-state index in [1.165, 1.54) is 57.8 Å². The third-order valence-electron chi connectivity index (χ3n) is 7.26. The van der Waals surface area contributed by atoms with Crippen LogP contribution in [0.2, 0.25) is 0 Å². The first-order valence-electron chi connectivity index (χ1n) is 18.1. The minimum atomic E-state index is -4.26. The van der Waals surface area contributed by atoms with Crippen molar-refractivity contribution >= 4 is 13.8 Å². The molecule has 0 bridgehead atoms. The number of phosphoric acid groups is 1. The Morgan fingerprint density at radius 2 is 1.22 bits per heavy atom. The first-order valence-corrected chi connectivity index (χ1v) is 19.6. The third kappa shape index (κ3) is 33.8. The van der Waals surface area contributed by atoms with E-state index in [-0.39, 0.29) is 32.3 Å². The second kappa shape index (κ2) is 34.8. The van der Waals surface area contributed by atoms with Crippen molar-refractivity contribution in [3.63, 3.8) is 0 Å². The number of carbonyl (C=O) groups excluding carboxylic acids is 1. The van der Waals surface area contributed by atoms with Crippen molar-refractivity contribution in [3.05, 3.63) is 48.6 Å². The summed E-state index contributed by atoms with van der Waals surface area (Å²) in [6, 6.07) is 0. The van der Waals surface area contributed by atoms with Crippen LogP contribution in [-0.2, 0) is 27.9 Å². The Bertz CT molecular complexity index is 844. The van der Waals surface area contributed by atoms with Crippen LogP contribution >= 0.6 is 7.82 Å². The summed E-state index contributed by atoms with van der Waals surface area (Å²) < 4.78 is 33.1. The first kappa shape index (κ1) is 44.5. The highest BCUT2D eigenvalue weighted by Gasteiger charge is 2.25. The molecule has 0 heterocycles. The second-order valence-corrected chi connectivity index (χ2v) is 13.2. The number of allylic oxidation sites excluding steroid dienone is 8. The predicted molar refractivity (Wildman–Crippen MR) is 192 cm³/mol. The van der Waals surface area contributed by atoms with Crippen LogP contribution in [0.1, 0.15) is 142 Å². The topological polar surface area (TPSA) is 117 Å². The lowest BCUT2D eigenvalue weighted by molar-refractivity contribution is -0.154. The molecule has 0 aliphatic carbocycles. The van der Waals surface area contributed by atoms with Gasteiger partial charge in [-0.3, -0.25) is 13.8 Å². The maximum Gasteiger partial charge on any atom is 0.472 e. The van der Waals surface area contributed by atoms with Crippen molar-refractivity contribution < 1.29 is 32.8 Å². The zero-order valence-electron chi connectivity index (χ0n) is 29.3. The molecular weight excluding hydrogens is 601 g/mol. The average Bonchev–Trinajstić information content (AvgIpc) is 3.04. The van der Waals surface area contributed by atoms with Gasteiger partial charge in [-0.15, -0.1) is 0 Å². The van der Waals surface area contributed by atoms with Gasteiger partial charge in [0.05, 0.1) is 19.8 Å². The minimum absolute atomic E-state index is 0.0976. The Morgan fingerprint density at radius 3 is 1.83 bits per heavy atom. The molecule has 0 saturated heterocycles. The summed E-state index contributed by atoms with van der Waals surface area (Å²) in [4.78, 5) is 22.3. The van der Waals surface area contributed by atoms with Gasteiger partial charge in [0, 0.05) is 19.6 Å². The van der Waals surface area contributed by atoms with Gasteiger partial charge in [-0.05, 0) is 51.4 Å². The Kier molecular flexibility index (Phi) is 33.6. The number of hydrogen-bond acceptors (Lipinski definition) is 7. The standard InChI is InChI=1S/C37H68NO7P/c1-3-5-7-9-11-12-13-14-15-16-17-18-19-20-21-22-23-24-25-26-28-30-37(39)45-36(35-44-46(40,41)43-33-31-38)34-42-32-29-27-10-8-6-4-2/h5,7,11-12,14-15,17-18,36H,3-4,6,8-10,13,16,19-35,38H2,1-2H3,(H,40,41)/b7-5-,12-11-,15-14-,18-17-. The molecule has 0 rings (SSSR count). The van der Waals surface area contributed by atoms with Gasteiger partial charge < -0.3 is 20.1 Å². The van der Waals surface area contributed by atoms with Crippen LogP contribution in [-0.4, -0.2) is 49.9 Å². The number of esters is 1. The van der Waals surface area contributed by atoms with E-state index in [4.69, 9.17) is 24.3 Å². The molecule has 268 valence electrons. The number of unbranched alkanes of at least 4 members (excludes halogenated alkanes) is 13. The number of phosphoric ester groups is 1. The maximum atomic E-state index is 12.5. The van der Waals surface area contributed by atoms with Gasteiger partial charge in [-0.25, -0.2) is 4.57 Å². The van der Waals surface area contributed by atoms with Gasteiger partial charge in [-0.1, -0.05) is 133 Å². The van der Waals surface area contributed by atoms with Crippen molar-refractivity contribution in [1.29, 1.82) is 0 Å². The van der Waals surface area contributed by atoms with Gasteiger partial charge in [0.1, 0.15) is 6.10 Å². The third-order valence-corrected chi connectivity index (χ3v) is 8.24. The molecule has 0 radical (unpaired) electrons. The van der Waals surface area contributed by atoms with Gasteiger partial charge in [0.25, 0.3) is 0 Å². The molecule has 0 aromatic heterocycles. The predicted octanol–water partition coefficient (Wildman–Crippen LogP) is 10.1. The molecule has 46 heavy (non-hydrogen) atoms. The van der Waals surface area contributed by atoms with E-state index in [2.05, 4.69) is 62.5 Å². The van der Waals surface area contributed by atoms with Gasteiger partial charge in [0.15, 0.2) is 0 Å². The number of hydrogen-bond donors (Lipinski definition) is 2. The Hall–Kier alpha value is -1.54.